The number of benzene rings is 1. The van der Waals surface area contributed by atoms with Gasteiger partial charge in [-0.1, -0.05) is 11.6 Å². The topological polar surface area (TPSA) is 58.4 Å². The van der Waals surface area contributed by atoms with E-state index in [1.165, 1.54) is 16.9 Å². The van der Waals surface area contributed by atoms with Gasteiger partial charge in [0, 0.05) is 18.1 Å². The van der Waals surface area contributed by atoms with Gasteiger partial charge in [-0.05, 0) is 31.0 Å². The number of hydrogen-bond acceptors (Lipinski definition) is 4. The summed E-state index contributed by atoms with van der Waals surface area (Å²) in [5, 5.41) is 14.5. The Morgan fingerprint density at radius 2 is 2.21 bits per heavy atom. The molecule has 0 amide bonds. The maximum absolute atomic E-state index is 13.3. The van der Waals surface area contributed by atoms with Crippen molar-refractivity contribution in [2.75, 3.05) is 18.0 Å². The number of carbonyl (C=O) groups is 1. The van der Waals surface area contributed by atoms with Crippen molar-refractivity contribution in [1.82, 2.24) is 9.78 Å². The van der Waals surface area contributed by atoms with E-state index < -0.39 is 6.43 Å². The van der Waals surface area contributed by atoms with Crippen LogP contribution < -0.4 is 4.90 Å². The number of alkyl halides is 2. The van der Waals surface area contributed by atoms with E-state index in [-0.39, 0.29) is 23.0 Å². The molecule has 1 aliphatic heterocycles. The zero-order chi connectivity index (χ0) is 17.3. The van der Waals surface area contributed by atoms with Gasteiger partial charge in [-0.25, -0.2) is 8.78 Å². The number of piperidine rings is 1. The van der Waals surface area contributed by atoms with Crippen molar-refractivity contribution in [1.29, 1.82) is 0 Å². The largest absolute Gasteiger partial charge is 0.506 e. The summed E-state index contributed by atoms with van der Waals surface area (Å²) in [6, 6.07) is 4.42. The highest BCUT2D eigenvalue weighted by atomic mass is 35.5. The molecule has 1 atom stereocenters. The van der Waals surface area contributed by atoms with Gasteiger partial charge < -0.3 is 10.0 Å². The van der Waals surface area contributed by atoms with Crippen LogP contribution in [0.25, 0.3) is 0 Å². The fourth-order valence-electron chi connectivity index (χ4n) is 3.12. The average molecular weight is 356 g/mol. The summed E-state index contributed by atoms with van der Waals surface area (Å²) in [6.07, 6.45) is 0.203. The van der Waals surface area contributed by atoms with Crippen molar-refractivity contribution in [3.05, 3.63) is 40.7 Å². The summed E-state index contributed by atoms with van der Waals surface area (Å²) in [5.74, 6) is 0.0863. The second kappa shape index (κ2) is 6.76. The average Bonchev–Trinajstić information content (AvgIpc) is 3.01. The maximum Gasteiger partial charge on any atom is 0.280 e. The van der Waals surface area contributed by atoms with Gasteiger partial charge in [-0.3, -0.25) is 9.48 Å². The molecule has 3 rings (SSSR count). The van der Waals surface area contributed by atoms with Crippen LogP contribution in [0.1, 0.15) is 41.4 Å². The molecule has 5 nitrogen and oxygen atoms in total. The smallest absolute Gasteiger partial charge is 0.280 e. The second-order valence-electron chi connectivity index (χ2n) is 5.72. The molecule has 0 aliphatic carbocycles. The van der Waals surface area contributed by atoms with Crippen molar-refractivity contribution in [2.24, 2.45) is 0 Å². The summed E-state index contributed by atoms with van der Waals surface area (Å²) in [4.78, 5) is 12.8. The van der Waals surface area contributed by atoms with Crippen LogP contribution in [0.15, 0.2) is 24.4 Å². The van der Waals surface area contributed by atoms with E-state index in [1.807, 2.05) is 4.90 Å². The summed E-state index contributed by atoms with van der Waals surface area (Å²) in [5.41, 5.74) is 0.119. The highest BCUT2D eigenvalue weighted by molar-refractivity contribution is 6.30. The highest BCUT2D eigenvalue weighted by Gasteiger charge is 2.29. The number of phenols is 1. The molecule has 1 saturated heterocycles. The van der Waals surface area contributed by atoms with Crippen molar-refractivity contribution < 1.29 is 18.7 Å². The zero-order valence-corrected chi connectivity index (χ0v) is 13.5. The molecule has 0 saturated carbocycles. The number of anilines is 1. The minimum Gasteiger partial charge on any atom is -0.506 e. The van der Waals surface area contributed by atoms with Crippen LogP contribution in [0, 0.1) is 0 Å². The van der Waals surface area contributed by atoms with Crippen molar-refractivity contribution in [3.63, 3.8) is 0 Å². The van der Waals surface area contributed by atoms with Crippen molar-refractivity contribution in [3.8, 4) is 5.75 Å². The quantitative estimate of drug-likeness (QED) is 0.847. The molecular weight excluding hydrogens is 340 g/mol. The molecule has 1 N–H and O–H groups in total. The molecule has 1 aliphatic rings. The molecule has 24 heavy (non-hydrogen) atoms. The third-order valence-electron chi connectivity index (χ3n) is 4.22. The van der Waals surface area contributed by atoms with Crippen molar-refractivity contribution in [2.45, 2.75) is 25.3 Å². The Labute approximate surface area is 142 Å². The highest BCUT2D eigenvalue weighted by Crippen LogP contribution is 2.35. The Kier molecular flexibility index (Phi) is 4.71. The van der Waals surface area contributed by atoms with Gasteiger partial charge >= 0.3 is 0 Å². The van der Waals surface area contributed by atoms with Gasteiger partial charge in [0.1, 0.15) is 11.4 Å². The number of halogens is 3. The number of phenolic OH excluding ortho intramolecular Hbond substituents is 1. The molecule has 8 heteroatoms. The monoisotopic (exact) mass is 355 g/mol. The van der Waals surface area contributed by atoms with E-state index in [0.29, 0.717) is 36.5 Å². The fraction of sp³-hybridized carbons (Fsp3) is 0.375. The van der Waals surface area contributed by atoms with E-state index in [1.54, 1.807) is 12.1 Å². The van der Waals surface area contributed by atoms with E-state index >= 15 is 0 Å². The van der Waals surface area contributed by atoms with Gasteiger partial charge in [0.05, 0.1) is 23.5 Å². The second-order valence-corrected chi connectivity index (χ2v) is 6.16. The molecule has 0 bridgehead atoms. The maximum atomic E-state index is 13.3. The van der Waals surface area contributed by atoms with Gasteiger partial charge in [-0.15, -0.1) is 0 Å². The number of carbonyl (C=O) groups excluding carboxylic acids is 1. The predicted molar refractivity (Wildman–Crippen MR) is 86.2 cm³/mol. The molecule has 0 radical (unpaired) electrons. The Hall–Kier alpha value is -2.15. The number of hydrogen-bond donors (Lipinski definition) is 1. The van der Waals surface area contributed by atoms with Crippen LogP contribution in [0.3, 0.4) is 0 Å². The van der Waals surface area contributed by atoms with Crippen LogP contribution in [0.5, 0.6) is 5.75 Å². The van der Waals surface area contributed by atoms with Crippen molar-refractivity contribution >= 4 is 23.6 Å². The molecule has 0 spiro atoms. The number of aldehydes is 1. The first-order valence-electron chi connectivity index (χ1n) is 7.55. The molecule has 1 aromatic heterocycles. The van der Waals surface area contributed by atoms with Gasteiger partial charge in [0.15, 0.2) is 6.29 Å². The predicted octanol–water partition coefficient (Wildman–Crippen LogP) is 3.83. The number of nitrogens with zero attached hydrogens (tertiary/aromatic N) is 3. The lowest BCUT2D eigenvalue weighted by Crippen LogP contribution is -2.37. The Morgan fingerprint density at radius 1 is 1.42 bits per heavy atom. The minimum atomic E-state index is -2.78. The summed E-state index contributed by atoms with van der Waals surface area (Å²) >= 11 is 5.98. The number of aromatic hydroxyl groups is 1. The lowest BCUT2D eigenvalue weighted by Gasteiger charge is -2.35. The Balaban J connectivity index is 1.90. The summed E-state index contributed by atoms with van der Waals surface area (Å²) in [7, 11) is 0. The van der Waals surface area contributed by atoms with Gasteiger partial charge in [0.2, 0.25) is 0 Å². The Morgan fingerprint density at radius 3 is 2.92 bits per heavy atom. The first-order valence-corrected chi connectivity index (χ1v) is 7.93. The normalized spacial score (nSPS) is 18.2. The van der Waals surface area contributed by atoms with Crippen LogP contribution in [0.4, 0.5) is 14.5 Å². The lowest BCUT2D eigenvalue weighted by molar-refractivity contribution is 0.109. The minimum absolute atomic E-state index is 0.0863. The zero-order valence-electron chi connectivity index (χ0n) is 12.7. The summed E-state index contributed by atoms with van der Waals surface area (Å²) < 4.78 is 27.9. The van der Waals surface area contributed by atoms with E-state index in [0.717, 1.165) is 6.42 Å². The SMILES string of the molecule is O=Cc1cnn(C2CCCN(c3cc(Cl)ccc3O)C2)c1C(F)F. The van der Waals surface area contributed by atoms with E-state index in [4.69, 9.17) is 11.6 Å². The van der Waals surface area contributed by atoms with Gasteiger partial charge in [0.25, 0.3) is 6.43 Å². The van der Waals surface area contributed by atoms with Gasteiger partial charge in [-0.2, -0.15) is 5.10 Å². The lowest BCUT2D eigenvalue weighted by atomic mass is 10.0. The van der Waals surface area contributed by atoms with Crippen LogP contribution in [0.2, 0.25) is 5.02 Å². The third-order valence-corrected chi connectivity index (χ3v) is 4.45. The van der Waals surface area contributed by atoms with Crippen LogP contribution in [-0.2, 0) is 0 Å². The molecule has 1 unspecified atom stereocenters. The molecular formula is C16H16ClF2N3O2. The summed E-state index contributed by atoms with van der Waals surface area (Å²) in [6.45, 7) is 1.07. The third kappa shape index (κ3) is 3.08. The fourth-order valence-corrected chi connectivity index (χ4v) is 3.28. The molecule has 2 aromatic rings. The standard InChI is InChI=1S/C16H16ClF2N3O2/c17-11-3-4-14(24)13(6-11)21-5-1-2-12(8-21)22-15(16(18)19)10(9-23)7-20-22/h3-4,6-7,9,12,16,24H,1-2,5,8H2. The molecule has 1 fully saturated rings. The first kappa shape index (κ1) is 16.7. The number of aromatic nitrogens is 2. The molecule has 1 aromatic carbocycles. The molecule has 128 valence electrons. The molecule has 2 heterocycles. The van der Waals surface area contributed by atoms with Crippen LogP contribution >= 0.6 is 11.6 Å². The van der Waals surface area contributed by atoms with Crippen LogP contribution in [-0.4, -0.2) is 34.3 Å². The number of rotatable bonds is 4. The van der Waals surface area contributed by atoms with E-state index in [9.17, 15) is 18.7 Å². The Bertz CT molecular complexity index is 751. The van der Waals surface area contributed by atoms with E-state index in [2.05, 4.69) is 5.10 Å². The first-order chi connectivity index (χ1) is 11.5.